The molecule has 1 aromatic heterocycles. The third-order valence-corrected chi connectivity index (χ3v) is 11.3. The molecule has 1 aliphatic heterocycles. The lowest BCUT2D eigenvalue weighted by Crippen LogP contribution is -2.52. The van der Waals surface area contributed by atoms with Crippen LogP contribution in [0.25, 0.3) is 56.4 Å². The zero-order chi connectivity index (χ0) is 39.2. The molecule has 0 radical (unpaired) electrons. The van der Waals surface area contributed by atoms with Gasteiger partial charge in [-0.2, -0.15) is 0 Å². The highest BCUT2D eigenvalue weighted by Gasteiger charge is 2.52. The Balaban J connectivity index is 1.41. The van der Waals surface area contributed by atoms with Gasteiger partial charge in [-0.15, -0.1) is 0 Å². The minimum absolute atomic E-state index is 0.409. The Morgan fingerprint density at radius 3 is 1.42 bits per heavy atom. The standard InChI is InChI=1S/C46H49B2N3O4/c1-43(2,52)44(3,4)53-47(9)38-28-37(29-39(30-38)48-54-45(5,6)46(7,8)55-48)42-50-40(35-24-16-22-33(26-35)31-18-12-10-13-19-31)49-41(51-42)36-25-17-23-34(27-36)32-20-14-11-15-21-32/h10-30,52H,1-9H3. The van der Waals surface area contributed by atoms with Crippen molar-refractivity contribution in [3.05, 3.63) is 127 Å². The number of benzene rings is 5. The Hall–Kier alpha value is -4.92. The Labute approximate surface area is 326 Å². The van der Waals surface area contributed by atoms with Gasteiger partial charge in [0.25, 0.3) is 0 Å². The van der Waals surface area contributed by atoms with Crippen LogP contribution in [0.5, 0.6) is 0 Å². The third-order valence-electron chi connectivity index (χ3n) is 11.3. The van der Waals surface area contributed by atoms with E-state index in [1.165, 1.54) is 0 Å². The van der Waals surface area contributed by atoms with Crippen LogP contribution in [0.3, 0.4) is 0 Å². The van der Waals surface area contributed by atoms with Crippen molar-refractivity contribution < 1.29 is 19.1 Å². The predicted molar refractivity (Wildman–Crippen MR) is 225 cm³/mol. The molecule has 2 heterocycles. The van der Waals surface area contributed by atoms with E-state index in [1.807, 2.05) is 115 Å². The quantitative estimate of drug-likeness (QED) is 0.141. The van der Waals surface area contributed by atoms with Crippen molar-refractivity contribution in [2.24, 2.45) is 0 Å². The zero-order valence-electron chi connectivity index (χ0n) is 33.3. The Kier molecular flexibility index (Phi) is 10.2. The molecular weight excluding hydrogens is 680 g/mol. The van der Waals surface area contributed by atoms with Gasteiger partial charge in [0.1, 0.15) is 0 Å². The molecular formula is C46H49B2N3O4. The Morgan fingerprint density at radius 1 is 0.545 bits per heavy atom. The highest BCUT2D eigenvalue weighted by Crippen LogP contribution is 2.37. The largest absolute Gasteiger partial charge is 0.494 e. The summed E-state index contributed by atoms with van der Waals surface area (Å²) in [6, 6.07) is 43.4. The lowest BCUT2D eigenvalue weighted by molar-refractivity contribution is -0.0918. The van der Waals surface area contributed by atoms with E-state index in [1.54, 1.807) is 13.8 Å². The SMILES string of the molecule is CB(OC(C)(C)C(C)(C)O)c1cc(B2OC(C)(C)C(C)(C)O2)cc(-c2nc(-c3cccc(-c4ccccc4)c3)nc(-c3cccc(-c4ccccc4)c3)n2)c1. The van der Waals surface area contributed by atoms with Gasteiger partial charge in [0, 0.05) is 16.7 Å². The summed E-state index contributed by atoms with van der Waals surface area (Å²) in [5.41, 5.74) is 5.53. The van der Waals surface area contributed by atoms with Crippen molar-refractivity contribution in [3.8, 4) is 56.4 Å². The van der Waals surface area contributed by atoms with Crippen molar-refractivity contribution in [3.63, 3.8) is 0 Å². The van der Waals surface area contributed by atoms with Gasteiger partial charge < -0.3 is 19.1 Å². The maximum atomic E-state index is 11.0. The van der Waals surface area contributed by atoms with Crippen LogP contribution < -0.4 is 10.9 Å². The van der Waals surface area contributed by atoms with Crippen LogP contribution in [0.1, 0.15) is 55.4 Å². The average molecular weight is 730 g/mol. The van der Waals surface area contributed by atoms with E-state index in [9.17, 15) is 5.11 Å². The lowest BCUT2D eigenvalue weighted by atomic mass is 9.60. The van der Waals surface area contributed by atoms with E-state index in [-0.39, 0.29) is 0 Å². The van der Waals surface area contributed by atoms with Crippen LogP contribution in [-0.4, -0.2) is 56.5 Å². The Morgan fingerprint density at radius 2 is 0.964 bits per heavy atom. The maximum Gasteiger partial charge on any atom is 0.494 e. The molecule has 0 aliphatic carbocycles. The fourth-order valence-electron chi connectivity index (χ4n) is 6.51. The first kappa shape index (κ1) is 38.4. The number of hydrogen-bond donors (Lipinski definition) is 1. The fourth-order valence-corrected chi connectivity index (χ4v) is 6.51. The van der Waals surface area contributed by atoms with Crippen LogP contribution >= 0.6 is 0 Å². The first-order valence-corrected chi connectivity index (χ1v) is 19.0. The lowest BCUT2D eigenvalue weighted by Gasteiger charge is -2.39. The molecule has 1 fully saturated rings. The smallest absolute Gasteiger partial charge is 0.423 e. The second-order valence-electron chi connectivity index (χ2n) is 16.5. The number of aliphatic hydroxyl groups is 1. The molecule has 0 amide bonds. The van der Waals surface area contributed by atoms with Gasteiger partial charge in [0.05, 0.1) is 22.4 Å². The van der Waals surface area contributed by atoms with Gasteiger partial charge in [-0.25, -0.2) is 15.0 Å². The summed E-state index contributed by atoms with van der Waals surface area (Å²) >= 11 is 0. The zero-order valence-corrected chi connectivity index (χ0v) is 33.3. The van der Waals surface area contributed by atoms with Crippen molar-refractivity contribution >= 4 is 25.0 Å². The third kappa shape index (κ3) is 8.07. The van der Waals surface area contributed by atoms with Gasteiger partial charge in [-0.3, -0.25) is 0 Å². The van der Waals surface area contributed by atoms with Gasteiger partial charge >= 0.3 is 14.0 Å². The van der Waals surface area contributed by atoms with Crippen molar-refractivity contribution in [1.29, 1.82) is 0 Å². The molecule has 5 aromatic carbocycles. The fraction of sp³-hybridized carbons (Fsp3) is 0.283. The van der Waals surface area contributed by atoms with Crippen LogP contribution in [-0.2, 0) is 14.0 Å². The maximum absolute atomic E-state index is 11.0. The summed E-state index contributed by atoms with van der Waals surface area (Å²) in [7, 11) is -0.635. The summed E-state index contributed by atoms with van der Waals surface area (Å²) in [5.74, 6) is 1.61. The van der Waals surface area contributed by atoms with E-state index in [2.05, 4.69) is 60.7 Å². The summed E-state index contributed by atoms with van der Waals surface area (Å²) in [5, 5.41) is 11.0. The van der Waals surface area contributed by atoms with Crippen molar-refractivity contribution in [2.75, 3.05) is 0 Å². The topological polar surface area (TPSA) is 86.6 Å². The average Bonchev–Trinajstić information content (AvgIpc) is 3.40. The van der Waals surface area contributed by atoms with E-state index in [0.717, 1.165) is 49.9 Å². The second kappa shape index (κ2) is 14.6. The van der Waals surface area contributed by atoms with Crippen molar-refractivity contribution in [2.45, 2.75) is 84.6 Å². The summed E-state index contributed by atoms with van der Waals surface area (Å²) in [6.07, 6.45) is 0. The minimum Gasteiger partial charge on any atom is -0.423 e. The number of rotatable bonds is 10. The molecule has 1 saturated heterocycles. The van der Waals surface area contributed by atoms with Crippen molar-refractivity contribution in [1.82, 2.24) is 15.0 Å². The highest BCUT2D eigenvalue weighted by atomic mass is 16.7. The molecule has 0 unspecified atom stereocenters. The van der Waals surface area contributed by atoms with E-state index >= 15 is 0 Å². The molecule has 9 heteroatoms. The summed E-state index contributed by atoms with van der Waals surface area (Å²) in [6.45, 7) is 17.1. The first-order valence-electron chi connectivity index (χ1n) is 19.0. The van der Waals surface area contributed by atoms with E-state index in [4.69, 9.17) is 28.9 Å². The van der Waals surface area contributed by atoms with Gasteiger partial charge in [-0.05, 0) is 101 Å². The summed E-state index contributed by atoms with van der Waals surface area (Å²) < 4.78 is 19.7. The molecule has 7 nitrogen and oxygen atoms in total. The van der Waals surface area contributed by atoms with Crippen LogP contribution in [0.15, 0.2) is 127 Å². The molecule has 6 aromatic rings. The normalized spacial score (nSPS) is 15.3. The van der Waals surface area contributed by atoms with Gasteiger partial charge in [0.15, 0.2) is 17.5 Å². The molecule has 55 heavy (non-hydrogen) atoms. The van der Waals surface area contributed by atoms with E-state index < -0.39 is 36.4 Å². The number of aromatic nitrogens is 3. The van der Waals surface area contributed by atoms with Crippen LogP contribution in [0.2, 0.25) is 6.82 Å². The monoisotopic (exact) mass is 729 g/mol. The molecule has 1 aliphatic rings. The molecule has 0 bridgehead atoms. The molecule has 0 atom stereocenters. The first-order chi connectivity index (χ1) is 26.0. The second-order valence-corrected chi connectivity index (χ2v) is 16.5. The van der Waals surface area contributed by atoms with Crippen LogP contribution in [0, 0.1) is 0 Å². The Bertz CT molecular complexity index is 2190. The molecule has 0 spiro atoms. The van der Waals surface area contributed by atoms with Gasteiger partial charge in [-0.1, -0.05) is 122 Å². The number of hydrogen-bond acceptors (Lipinski definition) is 7. The van der Waals surface area contributed by atoms with Gasteiger partial charge in [0.2, 0.25) is 0 Å². The number of nitrogens with zero attached hydrogens (tertiary/aromatic N) is 3. The molecule has 278 valence electrons. The summed E-state index contributed by atoms with van der Waals surface area (Å²) in [4.78, 5) is 15.5. The molecule has 1 N–H and O–H groups in total. The predicted octanol–water partition coefficient (Wildman–Crippen LogP) is 8.90. The minimum atomic E-state index is -1.09. The molecule has 0 saturated carbocycles. The van der Waals surface area contributed by atoms with Crippen LogP contribution in [0.4, 0.5) is 0 Å². The highest BCUT2D eigenvalue weighted by molar-refractivity contribution is 6.68. The molecule has 7 rings (SSSR count). The van der Waals surface area contributed by atoms with E-state index in [0.29, 0.717) is 17.5 Å².